The van der Waals surface area contributed by atoms with Crippen molar-refractivity contribution in [3.05, 3.63) is 78.8 Å². The Morgan fingerprint density at radius 2 is 1.72 bits per heavy atom. The van der Waals surface area contributed by atoms with Crippen LogP contribution in [0, 0.1) is 5.92 Å². The minimum Gasteiger partial charge on any atom is -0.353 e. The van der Waals surface area contributed by atoms with Crippen molar-refractivity contribution in [1.29, 1.82) is 0 Å². The van der Waals surface area contributed by atoms with E-state index in [0.717, 1.165) is 66.4 Å². The van der Waals surface area contributed by atoms with E-state index in [1.807, 2.05) is 68.8 Å². The Kier molecular flexibility index (Phi) is 7.18. The number of aromatic nitrogens is 3. The summed E-state index contributed by atoms with van der Waals surface area (Å²) in [6, 6.07) is 18.3. The van der Waals surface area contributed by atoms with Crippen LogP contribution in [-0.4, -0.2) is 51.9 Å². The average molecular weight is 481 g/mol. The molecule has 0 bridgehead atoms. The largest absolute Gasteiger partial charge is 0.353 e. The highest BCUT2D eigenvalue weighted by molar-refractivity contribution is 5.91. The number of rotatable bonds is 7. The summed E-state index contributed by atoms with van der Waals surface area (Å²) in [5.41, 5.74) is 5.99. The molecule has 2 aromatic carbocycles. The fourth-order valence-electron chi connectivity index (χ4n) is 4.55. The first kappa shape index (κ1) is 23.9. The Morgan fingerprint density at radius 3 is 2.44 bits per heavy atom. The van der Waals surface area contributed by atoms with Crippen molar-refractivity contribution in [3.8, 4) is 11.1 Å². The van der Waals surface area contributed by atoms with Gasteiger partial charge in [-0.25, -0.2) is 4.98 Å². The molecule has 0 unspecified atom stereocenters. The van der Waals surface area contributed by atoms with Crippen LogP contribution in [0.2, 0.25) is 0 Å². The lowest BCUT2D eigenvalue weighted by Gasteiger charge is -2.35. The SMILES string of the molecule is CC(C)CC(=O)Nc1ccc(-c2ccc3ncc(N4CCN(Cc5cccnc5)CC4)nc3c2)cc1. The van der Waals surface area contributed by atoms with Crippen LogP contribution in [0.15, 0.2) is 73.2 Å². The maximum atomic E-state index is 12.1. The van der Waals surface area contributed by atoms with Crippen LogP contribution >= 0.6 is 0 Å². The highest BCUT2D eigenvalue weighted by Gasteiger charge is 2.19. The van der Waals surface area contributed by atoms with E-state index in [-0.39, 0.29) is 5.91 Å². The zero-order valence-corrected chi connectivity index (χ0v) is 20.9. The molecule has 0 radical (unpaired) electrons. The summed E-state index contributed by atoms with van der Waals surface area (Å²) in [5.74, 6) is 1.30. The molecular formula is C29H32N6O. The van der Waals surface area contributed by atoms with Crippen molar-refractivity contribution in [2.24, 2.45) is 5.92 Å². The van der Waals surface area contributed by atoms with Crippen molar-refractivity contribution in [3.63, 3.8) is 0 Å². The highest BCUT2D eigenvalue weighted by atomic mass is 16.1. The van der Waals surface area contributed by atoms with Crippen molar-refractivity contribution in [2.75, 3.05) is 36.4 Å². The van der Waals surface area contributed by atoms with Crippen LogP contribution in [0.4, 0.5) is 11.5 Å². The molecule has 1 N–H and O–H groups in total. The molecule has 1 fully saturated rings. The first-order chi connectivity index (χ1) is 17.5. The number of benzene rings is 2. The zero-order chi connectivity index (χ0) is 24.9. The molecule has 0 spiro atoms. The minimum absolute atomic E-state index is 0.0455. The van der Waals surface area contributed by atoms with Gasteiger partial charge < -0.3 is 10.2 Å². The van der Waals surface area contributed by atoms with Crippen molar-refractivity contribution in [1.82, 2.24) is 19.9 Å². The molecule has 0 aliphatic carbocycles. The number of hydrogen-bond acceptors (Lipinski definition) is 6. The molecule has 0 atom stereocenters. The number of fused-ring (bicyclic) bond motifs is 1. The summed E-state index contributed by atoms with van der Waals surface area (Å²) in [4.78, 5) is 30.7. The summed E-state index contributed by atoms with van der Waals surface area (Å²) in [6.07, 6.45) is 6.16. The normalized spacial score (nSPS) is 14.4. The molecule has 1 aliphatic rings. The molecule has 7 nitrogen and oxygen atoms in total. The molecular weight excluding hydrogens is 448 g/mol. The van der Waals surface area contributed by atoms with Crippen LogP contribution in [0.1, 0.15) is 25.8 Å². The van der Waals surface area contributed by atoms with Gasteiger partial charge in [-0.2, -0.15) is 0 Å². The van der Waals surface area contributed by atoms with Crippen LogP contribution in [-0.2, 0) is 11.3 Å². The molecule has 5 rings (SSSR count). The quantitative estimate of drug-likeness (QED) is 0.401. The van der Waals surface area contributed by atoms with Crippen molar-refractivity contribution >= 4 is 28.4 Å². The van der Waals surface area contributed by atoms with Gasteiger partial charge in [0.25, 0.3) is 0 Å². The molecule has 4 aromatic rings. The summed E-state index contributed by atoms with van der Waals surface area (Å²) < 4.78 is 0. The zero-order valence-electron chi connectivity index (χ0n) is 20.9. The second kappa shape index (κ2) is 10.8. The van der Waals surface area contributed by atoms with Crippen molar-refractivity contribution < 1.29 is 4.79 Å². The molecule has 1 aliphatic heterocycles. The minimum atomic E-state index is 0.0455. The van der Waals surface area contributed by atoms with Crippen LogP contribution < -0.4 is 10.2 Å². The fourth-order valence-corrected chi connectivity index (χ4v) is 4.55. The number of nitrogens with one attached hydrogen (secondary N) is 1. The number of amides is 1. The molecule has 2 aromatic heterocycles. The van der Waals surface area contributed by atoms with E-state index in [1.54, 1.807) is 0 Å². The Hall–Kier alpha value is -3.84. The fraction of sp³-hybridized carbons (Fsp3) is 0.310. The molecule has 184 valence electrons. The van der Waals surface area contributed by atoms with Gasteiger partial charge in [-0.05, 0) is 52.9 Å². The predicted octanol–water partition coefficient (Wildman–Crippen LogP) is 5.00. The lowest BCUT2D eigenvalue weighted by atomic mass is 10.0. The first-order valence-electron chi connectivity index (χ1n) is 12.6. The number of anilines is 2. The van der Waals surface area contributed by atoms with E-state index in [9.17, 15) is 4.79 Å². The van der Waals surface area contributed by atoms with E-state index < -0.39 is 0 Å². The molecule has 1 amide bonds. The van der Waals surface area contributed by atoms with Gasteiger partial charge in [0.1, 0.15) is 5.82 Å². The monoisotopic (exact) mass is 480 g/mol. The molecule has 36 heavy (non-hydrogen) atoms. The molecule has 0 saturated carbocycles. The maximum Gasteiger partial charge on any atom is 0.224 e. The molecule has 3 heterocycles. The third-order valence-electron chi connectivity index (χ3n) is 6.45. The summed E-state index contributed by atoms with van der Waals surface area (Å²) in [7, 11) is 0. The van der Waals surface area contributed by atoms with Crippen molar-refractivity contribution in [2.45, 2.75) is 26.8 Å². The summed E-state index contributed by atoms with van der Waals surface area (Å²) in [5, 5.41) is 2.97. The van der Waals surface area contributed by atoms with Crippen LogP contribution in [0.3, 0.4) is 0 Å². The molecule has 7 heteroatoms. The van der Waals surface area contributed by atoms with Gasteiger partial charge in [0.15, 0.2) is 0 Å². The maximum absolute atomic E-state index is 12.1. The number of hydrogen-bond donors (Lipinski definition) is 1. The second-order valence-electron chi connectivity index (χ2n) is 9.78. The van der Waals surface area contributed by atoms with Gasteiger partial charge in [0, 0.05) is 57.2 Å². The van der Waals surface area contributed by atoms with E-state index in [2.05, 4.69) is 43.3 Å². The third-order valence-corrected chi connectivity index (χ3v) is 6.45. The lowest BCUT2D eigenvalue weighted by molar-refractivity contribution is -0.116. The Morgan fingerprint density at radius 1 is 0.944 bits per heavy atom. The number of nitrogens with zero attached hydrogens (tertiary/aromatic N) is 5. The topological polar surface area (TPSA) is 74.2 Å². The predicted molar refractivity (Wildman–Crippen MR) is 145 cm³/mol. The lowest BCUT2D eigenvalue weighted by Crippen LogP contribution is -2.46. The standard InChI is InChI=1S/C29H32N6O/c1-21(2)16-29(36)32-25-8-5-23(6-9-25)24-7-10-26-27(17-24)33-28(19-31-26)35-14-12-34(13-15-35)20-22-4-3-11-30-18-22/h3-11,17-19,21H,12-16,20H2,1-2H3,(H,32,36). The molecule has 1 saturated heterocycles. The van der Waals surface area contributed by atoms with Crippen LogP contribution in [0.25, 0.3) is 22.2 Å². The third kappa shape index (κ3) is 5.86. The van der Waals surface area contributed by atoms with Gasteiger partial charge in [-0.15, -0.1) is 0 Å². The van der Waals surface area contributed by atoms with Crippen LogP contribution in [0.5, 0.6) is 0 Å². The van der Waals surface area contributed by atoms with E-state index in [0.29, 0.717) is 12.3 Å². The number of piperazine rings is 1. The number of carbonyl (C=O) groups is 1. The first-order valence-corrected chi connectivity index (χ1v) is 12.6. The highest BCUT2D eigenvalue weighted by Crippen LogP contribution is 2.26. The number of pyridine rings is 1. The summed E-state index contributed by atoms with van der Waals surface area (Å²) >= 11 is 0. The number of carbonyl (C=O) groups excluding carboxylic acids is 1. The van der Waals surface area contributed by atoms with Gasteiger partial charge >= 0.3 is 0 Å². The van der Waals surface area contributed by atoms with Gasteiger partial charge in [0.05, 0.1) is 17.2 Å². The van der Waals surface area contributed by atoms with E-state index in [1.165, 1.54) is 5.56 Å². The Labute approximate surface area is 212 Å². The Bertz CT molecular complexity index is 1310. The smallest absolute Gasteiger partial charge is 0.224 e. The second-order valence-corrected chi connectivity index (χ2v) is 9.78. The van der Waals surface area contributed by atoms with E-state index >= 15 is 0 Å². The van der Waals surface area contributed by atoms with Gasteiger partial charge in [-0.1, -0.05) is 38.1 Å². The van der Waals surface area contributed by atoms with Gasteiger partial charge in [0.2, 0.25) is 5.91 Å². The van der Waals surface area contributed by atoms with E-state index in [4.69, 9.17) is 4.98 Å². The summed E-state index contributed by atoms with van der Waals surface area (Å²) in [6.45, 7) is 8.81. The average Bonchev–Trinajstić information content (AvgIpc) is 2.89. The van der Waals surface area contributed by atoms with Gasteiger partial charge in [-0.3, -0.25) is 19.7 Å². The Balaban J connectivity index is 1.26.